The first kappa shape index (κ1) is 9.52. The Morgan fingerprint density at radius 1 is 1.13 bits per heavy atom. The second-order valence-electron chi connectivity index (χ2n) is 3.27. The van der Waals surface area contributed by atoms with E-state index in [1.807, 2.05) is 37.3 Å². The fraction of sp³-hybridized carbons (Fsp3) is 0.0833. The fourth-order valence-electron chi connectivity index (χ4n) is 1.42. The van der Waals surface area contributed by atoms with Crippen LogP contribution in [0.4, 0.5) is 0 Å². The first-order valence-electron chi connectivity index (χ1n) is 4.66. The van der Waals surface area contributed by atoms with Crippen molar-refractivity contribution in [3.63, 3.8) is 0 Å². The van der Waals surface area contributed by atoms with Gasteiger partial charge in [-0.15, -0.1) is 5.10 Å². The summed E-state index contributed by atoms with van der Waals surface area (Å²) < 4.78 is 0. The van der Waals surface area contributed by atoms with Crippen molar-refractivity contribution in [3.05, 3.63) is 47.7 Å². The summed E-state index contributed by atoms with van der Waals surface area (Å²) in [7, 11) is 0. The van der Waals surface area contributed by atoms with Crippen molar-refractivity contribution < 1.29 is 4.79 Å². The molecule has 0 aliphatic rings. The second-order valence-corrected chi connectivity index (χ2v) is 3.27. The summed E-state index contributed by atoms with van der Waals surface area (Å²) in [5, 5.41) is 7.99. The zero-order valence-corrected chi connectivity index (χ0v) is 8.34. The SMILES string of the molecule is Cc1cc(C=O)c(-c2ccccc2)nn1. The average molecular weight is 198 g/mol. The second kappa shape index (κ2) is 4.00. The number of carbonyl (C=O) groups is 1. The Balaban J connectivity index is 2.58. The van der Waals surface area contributed by atoms with Crippen LogP contribution < -0.4 is 0 Å². The first-order valence-corrected chi connectivity index (χ1v) is 4.66. The van der Waals surface area contributed by atoms with Gasteiger partial charge in [-0.1, -0.05) is 30.3 Å². The van der Waals surface area contributed by atoms with Gasteiger partial charge in [0.2, 0.25) is 0 Å². The molecule has 0 N–H and O–H groups in total. The summed E-state index contributed by atoms with van der Waals surface area (Å²) in [6.07, 6.45) is 0.810. The largest absolute Gasteiger partial charge is 0.298 e. The lowest BCUT2D eigenvalue weighted by Gasteiger charge is -2.02. The third-order valence-electron chi connectivity index (χ3n) is 2.12. The van der Waals surface area contributed by atoms with Crippen LogP contribution in [0.2, 0.25) is 0 Å². The molecule has 0 bridgehead atoms. The minimum atomic E-state index is 0.578. The molecule has 0 radical (unpaired) electrons. The third kappa shape index (κ3) is 1.91. The summed E-state index contributed by atoms with van der Waals surface area (Å²) >= 11 is 0. The van der Waals surface area contributed by atoms with Crippen LogP contribution >= 0.6 is 0 Å². The molecule has 1 aromatic carbocycles. The van der Waals surface area contributed by atoms with Crippen LogP contribution in [0.5, 0.6) is 0 Å². The fourth-order valence-corrected chi connectivity index (χ4v) is 1.42. The predicted molar refractivity (Wildman–Crippen MR) is 57.6 cm³/mol. The quantitative estimate of drug-likeness (QED) is 0.695. The molecule has 3 nitrogen and oxygen atoms in total. The van der Waals surface area contributed by atoms with Crippen molar-refractivity contribution in [2.75, 3.05) is 0 Å². The summed E-state index contributed by atoms with van der Waals surface area (Å²) in [5.41, 5.74) is 2.87. The van der Waals surface area contributed by atoms with E-state index in [9.17, 15) is 4.79 Å². The van der Waals surface area contributed by atoms with Crippen LogP contribution in [0, 0.1) is 6.92 Å². The maximum atomic E-state index is 10.9. The molecule has 74 valence electrons. The van der Waals surface area contributed by atoms with Crippen LogP contribution in [0.25, 0.3) is 11.3 Å². The van der Waals surface area contributed by atoms with Crippen LogP contribution in [0.1, 0.15) is 16.1 Å². The zero-order chi connectivity index (χ0) is 10.7. The van der Waals surface area contributed by atoms with Crippen LogP contribution in [0.15, 0.2) is 36.4 Å². The molecule has 3 heteroatoms. The Labute approximate surface area is 87.8 Å². The van der Waals surface area contributed by atoms with E-state index in [0.29, 0.717) is 11.3 Å². The smallest absolute Gasteiger partial charge is 0.152 e. The monoisotopic (exact) mass is 198 g/mol. The molecule has 0 aliphatic heterocycles. The molecule has 0 fully saturated rings. The molecule has 2 rings (SSSR count). The summed E-state index contributed by atoms with van der Waals surface area (Å²) in [6.45, 7) is 1.81. The predicted octanol–water partition coefficient (Wildman–Crippen LogP) is 2.26. The standard InChI is InChI=1S/C12H10N2O/c1-9-7-11(8-15)12(14-13-9)10-5-3-2-4-6-10/h2-8H,1H3. The van der Waals surface area contributed by atoms with E-state index in [2.05, 4.69) is 10.2 Å². The highest BCUT2D eigenvalue weighted by atomic mass is 16.1. The van der Waals surface area contributed by atoms with E-state index in [-0.39, 0.29) is 0 Å². The van der Waals surface area contributed by atoms with Crippen LogP contribution in [-0.4, -0.2) is 16.5 Å². The zero-order valence-electron chi connectivity index (χ0n) is 8.34. The number of aromatic nitrogens is 2. The van der Waals surface area contributed by atoms with E-state index in [4.69, 9.17) is 0 Å². The van der Waals surface area contributed by atoms with Gasteiger partial charge in [-0.3, -0.25) is 4.79 Å². The van der Waals surface area contributed by atoms with E-state index >= 15 is 0 Å². The lowest BCUT2D eigenvalue weighted by atomic mass is 10.1. The molecule has 0 saturated carbocycles. The van der Waals surface area contributed by atoms with Crippen molar-refractivity contribution in [2.45, 2.75) is 6.92 Å². The summed E-state index contributed by atoms with van der Waals surface area (Å²) in [4.78, 5) is 10.9. The molecule has 0 atom stereocenters. The van der Waals surface area contributed by atoms with E-state index in [1.54, 1.807) is 6.07 Å². The van der Waals surface area contributed by atoms with Gasteiger partial charge in [-0.25, -0.2) is 0 Å². The first-order chi connectivity index (χ1) is 7.31. The Hall–Kier alpha value is -2.03. The van der Waals surface area contributed by atoms with Gasteiger partial charge in [0.25, 0.3) is 0 Å². The number of hydrogen-bond donors (Lipinski definition) is 0. The Morgan fingerprint density at radius 3 is 2.53 bits per heavy atom. The average Bonchev–Trinajstić information content (AvgIpc) is 2.30. The number of benzene rings is 1. The molecule has 0 spiro atoms. The number of aryl methyl sites for hydroxylation is 1. The normalized spacial score (nSPS) is 9.93. The van der Waals surface area contributed by atoms with Crippen molar-refractivity contribution in [1.29, 1.82) is 0 Å². The lowest BCUT2D eigenvalue weighted by molar-refractivity contribution is 0.112. The maximum absolute atomic E-state index is 10.9. The molecular formula is C12H10N2O. The number of carbonyl (C=O) groups excluding carboxylic acids is 1. The van der Waals surface area contributed by atoms with Crippen molar-refractivity contribution >= 4 is 6.29 Å². The van der Waals surface area contributed by atoms with E-state index < -0.39 is 0 Å². The van der Waals surface area contributed by atoms with E-state index in [0.717, 1.165) is 17.5 Å². The molecule has 1 aromatic heterocycles. The molecule has 15 heavy (non-hydrogen) atoms. The van der Waals surface area contributed by atoms with Crippen molar-refractivity contribution in [2.24, 2.45) is 0 Å². The minimum Gasteiger partial charge on any atom is -0.298 e. The van der Waals surface area contributed by atoms with Gasteiger partial charge in [0, 0.05) is 11.1 Å². The number of aldehydes is 1. The van der Waals surface area contributed by atoms with Gasteiger partial charge in [0.1, 0.15) is 5.69 Å². The molecule has 0 unspecified atom stereocenters. The lowest BCUT2D eigenvalue weighted by Crippen LogP contribution is -1.96. The van der Waals surface area contributed by atoms with Crippen molar-refractivity contribution in [1.82, 2.24) is 10.2 Å². The van der Waals surface area contributed by atoms with Gasteiger partial charge in [-0.05, 0) is 13.0 Å². The number of rotatable bonds is 2. The Kier molecular flexibility index (Phi) is 2.54. The van der Waals surface area contributed by atoms with Gasteiger partial charge in [0.05, 0.1) is 5.69 Å². The Morgan fingerprint density at radius 2 is 1.87 bits per heavy atom. The van der Waals surface area contributed by atoms with Gasteiger partial charge < -0.3 is 0 Å². The summed E-state index contributed by atoms with van der Waals surface area (Å²) in [6, 6.07) is 11.3. The van der Waals surface area contributed by atoms with Gasteiger partial charge in [0.15, 0.2) is 6.29 Å². The molecule has 2 aromatic rings. The highest BCUT2D eigenvalue weighted by Gasteiger charge is 2.06. The topological polar surface area (TPSA) is 42.9 Å². The molecule has 1 heterocycles. The number of nitrogens with zero attached hydrogens (tertiary/aromatic N) is 2. The minimum absolute atomic E-state index is 0.578. The van der Waals surface area contributed by atoms with Gasteiger partial charge in [-0.2, -0.15) is 5.10 Å². The molecule has 0 aliphatic carbocycles. The Bertz CT molecular complexity index is 480. The summed E-state index contributed by atoms with van der Waals surface area (Å²) in [5.74, 6) is 0. The van der Waals surface area contributed by atoms with Gasteiger partial charge >= 0.3 is 0 Å². The number of hydrogen-bond acceptors (Lipinski definition) is 3. The molecular weight excluding hydrogens is 188 g/mol. The third-order valence-corrected chi connectivity index (χ3v) is 2.12. The van der Waals surface area contributed by atoms with Crippen LogP contribution in [0.3, 0.4) is 0 Å². The van der Waals surface area contributed by atoms with Crippen LogP contribution in [-0.2, 0) is 0 Å². The van der Waals surface area contributed by atoms with E-state index in [1.165, 1.54) is 0 Å². The highest BCUT2D eigenvalue weighted by molar-refractivity contribution is 5.85. The van der Waals surface area contributed by atoms with Crippen molar-refractivity contribution in [3.8, 4) is 11.3 Å². The molecule has 0 amide bonds. The molecule has 0 saturated heterocycles. The maximum Gasteiger partial charge on any atom is 0.152 e. The highest BCUT2D eigenvalue weighted by Crippen LogP contribution is 2.19.